The molecule has 1 aromatic heterocycles. The summed E-state index contributed by atoms with van der Waals surface area (Å²) in [6, 6.07) is 6.00. The summed E-state index contributed by atoms with van der Waals surface area (Å²) in [5.74, 6) is 0. The highest BCUT2D eigenvalue weighted by Crippen LogP contribution is 2.33. The van der Waals surface area contributed by atoms with E-state index in [4.69, 9.17) is 0 Å². The molecule has 0 amide bonds. The SMILES string of the molecule is Cc1ccc(C(C)(O)c2nc(Br)cs2)cc1C. The summed E-state index contributed by atoms with van der Waals surface area (Å²) >= 11 is 4.76. The Morgan fingerprint density at radius 2 is 2.00 bits per heavy atom. The second kappa shape index (κ2) is 4.52. The monoisotopic (exact) mass is 311 g/mol. The summed E-state index contributed by atoms with van der Waals surface area (Å²) in [5.41, 5.74) is 2.25. The average molecular weight is 312 g/mol. The molecule has 1 unspecified atom stereocenters. The van der Waals surface area contributed by atoms with Crippen molar-refractivity contribution in [3.8, 4) is 0 Å². The highest BCUT2D eigenvalue weighted by atomic mass is 79.9. The van der Waals surface area contributed by atoms with E-state index in [-0.39, 0.29) is 0 Å². The van der Waals surface area contributed by atoms with Crippen LogP contribution in [-0.4, -0.2) is 10.1 Å². The van der Waals surface area contributed by atoms with Crippen LogP contribution in [0.5, 0.6) is 0 Å². The molecule has 2 rings (SSSR count). The summed E-state index contributed by atoms with van der Waals surface area (Å²) < 4.78 is 0.765. The van der Waals surface area contributed by atoms with E-state index in [9.17, 15) is 5.11 Å². The molecule has 0 saturated carbocycles. The number of nitrogens with zero attached hydrogens (tertiary/aromatic N) is 1. The van der Waals surface area contributed by atoms with Gasteiger partial charge in [-0.05, 0) is 53.4 Å². The molecule has 2 aromatic rings. The van der Waals surface area contributed by atoms with Gasteiger partial charge < -0.3 is 5.11 Å². The zero-order valence-corrected chi connectivity index (χ0v) is 12.4. The Morgan fingerprint density at radius 1 is 1.29 bits per heavy atom. The van der Waals surface area contributed by atoms with E-state index < -0.39 is 5.60 Å². The number of aromatic nitrogens is 1. The van der Waals surface area contributed by atoms with Gasteiger partial charge in [0.05, 0.1) is 0 Å². The maximum absolute atomic E-state index is 10.6. The van der Waals surface area contributed by atoms with Crippen LogP contribution >= 0.6 is 27.3 Å². The minimum absolute atomic E-state index is 0.702. The van der Waals surface area contributed by atoms with Crippen molar-refractivity contribution in [2.45, 2.75) is 26.4 Å². The van der Waals surface area contributed by atoms with E-state index in [2.05, 4.69) is 27.8 Å². The van der Waals surface area contributed by atoms with Crippen LogP contribution < -0.4 is 0 Å². The average Bonchev–Trinajstić information content (AvgIpc) is 2.69. The lowest BCUT2D eigenvalue weighted by Crippen LogP contribution is -2.22. The smallest absolute Gasteiger partial charge is 0.138 e. The van der Waals surface area contributed by atoms with Gasteiger partial charge in [-0.1, -0.05) is 18.2 Å². The van der Waals surface area contributed by atoms with Crippen LogP contribution in [0.1, 0.15) is 28.6 Å². The highest BCUT2D eigenvalue weighted by Gasteiger charge is 2.29. The van der Waals surface area contributed by atoms with Gasteiger partial charge in [0, 0.05) is 5.38 Å². The van der Waals surface area contributed by atoms with Gasteiger partial charge >= 0.3 is 0 Å². The molecule has 1 aromatic carbocycles. The first kappa shape index (κ1) is 12.7. The predicted octanol–water partition coefficient (Wildman–Crippen LogP) is 3.78. The van der Waals surface area contributed by atoms with Crippen molar-refractivity contribution in [3.05, 3.63) is 49.9 Å². The minimum atomic E-state index is -1.03. The molecule has 4 heteroatoms. The summed E-state index contributed by atoms with van der Waals surface area (Å²) in [4.78, 5) is 4.30. The number of thiazole rings is 1. The number of hydrogen-bond acceptors (Lipinski definition) is 3. The third-order valence-electron chi connectivity index (χ3n) is 2.96. The lowest BCUT2D eigenvalue weighted by atomic mass is 9.93. The maximum Gasteiger partial charge on any atom is 0.138 e. The van der Waals surface area contributed by atoms with Crippen LogP contribution in [0.2, 0.25) is 0 Å². The fourth-order valence-corrected chi connectivity index (χ4v) is 2.98. The van der Waals surface area contributed by atoms with Crippen LogP contribution in [0.4, 0.5) is 0 Å². The van der Waals surface area contributed by atoms with Crippen molar-refractivity contribution in [1.29, 1.82) is 0 Å². The van der Waals surface area contributed by atoms with E-state index >= 15 is 0 Å². The molecule has 0 spiro atoms. The molecule has 0 aliphatic carbocycles. The first-order chi connectivity index (χ1) is 7.91. The van der Waals surface area contributed by atoms with Crippen molar-refractivity contribution < 1.29 is 5.11 Å². The van der Waals surface area contributed by atoms with Gasteiger partial charge in [-0.2, -0.15) is 0 Å². The summed E-state index contributed by atoms with van der Waals surface area (Å²) in [6.45, 7) is 5.89. The number of benzene rings is 1. The second-order valence-corrected chi connectivity index (χ2v) is 6.02. The van der Waals surface area contributed by atoms with Crippen LogP contribution in [0.15, 0.2) is 28.2 Å². The first-order valence-corrected chi connectivity index (χ1v) is 7.00. The van der Waals surface area contributed by atoms with Gasteiger partial charge in [0.25, 0.3) is 0 Å². The maximum atomic E-state index is 10.6. The molecule has 0 radical (unpaired) electrons. The standard InChI is InChI=1S/C13H14BrNOS/c1-8-4-5-10(6-9(8)2)13(3,16)12-15-11(14)7-17-12/h4-7,16H,1-3H3. The Hall–Kier alpha value is -0.710. The van der Waals surface area contributed by atoms with Crippen LogP contribution in [0.3, 0.4) is 0 Å². The molecule has 0 saturated heterocycles. The van der Waals surface area contributed by atoms with Crippen molar-refractivity contribution >= 4 is 27.3 Å². The van der Waals surface area contributed by atoms with E-state index in [1.165, 1.54) is 22.5 Å². The molecule has 0 bridgehead atoms. The second-order valence-electron chi connectivity index (χ2n) is 4.35. The Labute approximate surface area is 113 Å². The third-order valence-corrected chi connectivity index (χ3v) is 4.72. The summed E-state index contributed by atoms with van der Waals surface area (Å²) in [7, 11) is 0. The van der Waals surface area contributed by atoms with E-state index in [0.29, 0.717) is 5.01 Å². The number of halogens is 1. The molecule has 17 heavy (non-hydrogen) atoms. The molecule has 0 fully saturated rings. The lowest BCUT2D eigenvalue weighted by molar-refractivity contribution is 0.102. The molecule has 90 valence electrons. The van der Waals surface area contributed by atoms with Crippen molar-refractivity contribution in [3.63, 3.8) is 0 Å². The Kier molecular flexibility index (Phi) is 3.39. The quantitative estimate of drug-likeness (QED) is 0.915. The molecule has 0 aliphatic rings. The van der Waals surface area contributed by atoms with Gasteiger partial charge in [0.15, 0.2) is 0 Å². The normalized spacial score (nSPS) is 14.6. The Morgan fingerprint density at radius 3 is 2.53 bits per heavy atom. The molecular formula is C13H14BrNOS. The number of aryl methyl sites for hydroxylation is 2. The number of aliphatic hydroxyl groups is 1. The molecule has 1 N–H and O–H groups in total. The molecule has 1 heterocycles. The van der Waals surface area contributed by atoms with E-state index in [1.54, 1.807) is 6.92 Å². The lowest BCUT2D eigenvalue weighted by Gasteiger charge is -2.22. The summed E-state index contributed by atoms with van der Waals surface area (Å²) in [6.07, 6.45) is 0. The van der Waals surface area contributed by atoms with Crippen LogP contribution in [0, 0.1) is 13.8 Å². The van der Waals surface area contributed by atoms with Gasteiger partial charge in [-0.25, -0.2) is 4.98 Å². The molecule has 0 aliphatic heterocycles. The van der Waals surface area contributed by atoms with Crippen molar-refractivity contribution in [2.24, 2.45) is 0 Å². The molecular weight excluding hydrogens is 298 g/mol. The summed E-state index contributed by atoms with van der Waals surface area (Å²) in [5, 5.41) is 13.2. The zero-order valence-electron chi connectivity index (χ0n) is 9.99. The topological polar surface area (TPSA) is 33.1 Å². The molecule has 2 nitrogen and oxygen atoms in total. The first-order valence-electron chi connectivity index (χ1n) is 5.33. The Bertz CT molecular complexity index is 548. The molecule has 1 atom stereocenters. The highest BCUT2D eigenvalue weighted by molar-refractivity contribution is 9.10. The fraction of sp³-hybridized carbons (Fsp3) is 0.308. The van der Waals surface area contributed by atoms with Crippen molar-refractivity contribution in [1.82, 2.24) is 4.98 Å². The van der Waals surface area contributed by atoms with Gasteiger partial charge in [-0.15, -0.1) is 11.3 Å². The fourth-order valence-electron chi connectivity index (χ4n) is 1.65. The number of rotatable bonds is 2. The zero-order chi connectivity index (χ0) is 12.6. The van der Waals surface area contributed by atoms with E-state index in [0.717, 1.165) is 10.2 Å². The third kappa shape index (κ3) is 2.44. The Balaban J connectivity index is 2.47. The van der Waals surface area contributed by atoms with Gasteiger partial charge in [0.1, 0.15) is 15.2 Å². The van der Waals surface area contributed by atoms with Gasteiger partial charge in [0.2, 0.25) is 0 Å². The van der Waals surface area contributed by atoms with Crippen molar-refractivity contribution in [2.75, 3.05) is 0 Å². The van der Waals surface area contributed by atoms with Crippen LogP contribution in [-0.2, 0) is 5.60 Å². The minimum Gasteiger partial charge on any atom is -0.378 e. The predicted molar refractivity (Wildman–Crippen MR) is 74.4 cm³/mol. The van der Waals surface area contributed by atoms with Gasteiger partial charge in [-0.3, -0.25) is 0 Å². The van der Waals surface area contributed by atoms with Crippen LogP contribution in [0.25, 0.3) is 0 Å². The number of hydrogen-bond donors (Lipinski definition) is 1. The van der Waals surface area contributed by atoms with E-state index in [1.807, 2.05) is 30.5 Å². The largest absolute Gasteiger partial charge is 0.378 e.